The lowest BCUT2D eigenvalue weighted by Gasteiger charge is -2.36. The second-order valence-electron chi connectivity index (χ2n) is 7.16. The Morgan fingerprint density at radius 3 is 2.30 bits per heavy atom. The number of morpholine rings is 1. The number of hydrogen-bond donors (Lipinski definition) is 0. The Balaban J connectivity index is 1.86. The standard InChI is InChI=1S/C20H33NO2/c1-6-20(22-5)19-9-7-18(8-10-19)11-15(2)12-21-13-16(3)23-17(4)14-21/h7-10,15-17,20H,6,11-14H2,1-5H3. The summed E-state index contributed by atoms with van der Waals surface area (Å²) in [6.07, 6.45) is 3.07. The van der Waals surface area contributed by atoms with Crippen LogP contribution in [0.4, 0.5) is 0 Å². The lowest BCUT2D eigenvalue weighted by Crippen LogP contribution is -2.47. The molecule has 1 aliphatic heterocycles. The van der Waals surface area contributed by atoms with E-state index < -0.39 is 0 Å². The molecule has 0 amide bonds. The van der Waals surface area contributed by atoms with E-state index in [1.54, 1.807) is 7.11 Å². The largest absolute Gasteiger partial charge is 0.377 e. The summed E-state index contributed by atoms with van der Waals surface area (Å²) in [6.45, 7) is 12.1. The third-order valence-electron chi connectivity index (χ3n) is 4.66. The molecule has 1 aromatic carbocycles. The van der Waals surface area contributed by atoms with Crippen molar-refractivity contribution in [3.63, 3.8) is 0 Å². The van der Waals surface area contributed by atoms with Crippen molar-refractivity contribution >= 4 is 0 Å². The quantitative estimate of drug-likeness (QED) is 0.756. The molecule has 4 unspecified atom stereocenters. The fourth-order valence-corrected chi connectivity index (χ4v) is 3.75. The van der Waals surface area contributed by atoms with Crippen LogP contribution in [0.15, 0.2) is 24.3 Å². The van der Waals surface area contributed by atoms with Crippen LogP contribution >= 0.6 is 0 Å². The van der Waals surface area contributed by atoms with Crippen molar-refractivity contribution in [2.24, 2.45) is 5.92 Å². The van der Waals surface area contributed by atoms with Gasteiger partial charge in [0.25, 0.3) is 0 Å². The van der Waals surface area contributed by atoms with Gasteiger partial charge in [-0.3, -0.25) is 4.90 Å². The maximum Gasteiger partial charge on any atom is 0.0818 e. The Hall–Kier alpha value is -0.900. The molecule has 0 N–H and O–H groups in total. The summed E-state index contributed by atoms with van der Waals surface area (Å²) < 4.78 is 11.3. The zero-order valence-corrected chi connectivity index (χ0v) is 15.4. The number of rotatable bonds is 7. The second-order valence-corrected chi connectivity index (χ2v) is 7.16. The molecule has 3 heteroatoms. The highest BCUT2D eigenvalue weighted by Gasteiger charge is 2.23. The third kappa shape index (κ3) is 5.59. The SMILES string of the molecule is CCC(OC)c1ccc(CC(C)CN2CC(C)OC(C)C2)cc1. The van der Waals surface area contributed by atoms with E-state index in [0.29, 0.717) is 18.1 Å². The van der Waals surface area contributed by atoms with Crippen molar-refractivity contribution in [2.75, 3.05) is 26.7 Å². The highest BCUT2D eigenvalue weighted by Crippen LogP contribution is 2.21. The molecule has 130 valence electrons. The van der Waals surface area contributed by atoms with Gasteiger partial charge < -0.3 is 9.47 Å². The molecule has 1 aliphatic rings. The lowest BCUT2D eigenvalue weighted by atomic mass is 9.97. The first-order valence-electron chi connectivity index (χ1n) is 9.01. The first-order chi connectivity index (χ1) is 11.0. The zero-order valence-electron chi connectivity index (χ0n) is 15.4. The molecule has 23 heavy (non-hydrogen) atoms. The summed E-state index contributed by atoms with van der Waals surface area (Å²) in [6, 6.07) is 8.97. The minimum absolute atomic E-state index is 0.220. The molecule has 0 saturated carbocycles. The molecule has 4 atom stereocenters. The molecule has 0 spiro atoms. The van der Waals surface area contributed by atoms with Gasteiger partial charge in [-0.1, -0.05) is 38.1 Å². The van der Waals surface area contributed by atoms with E-state index in [1.807, 2.05) is 0 Å². The molecule has 0 aliphatic carbocycles. The fourth-order valence-electron chi connectivity index (χ4n) is 3.75. The van der Waals surface area contributed by atoms with Crippen LogP contribution in [0.25, 0.3) is 0 Å². The van der Waals surface area contributed by atoms with E-state index >= 15 is 0 Å². The molecule has 1 heterocycles. The summed E-state index contributed by atoms with van der Waals surface area (Å²) >= 11 is 0. The van der Waals surface area contributed by atoms with E-state index in [2.05, 4.69) is 56.9 Å². The molecular weight excluding hydrogens is 286 g/mol. The van der Waals surface area contributed by atoms with E-state index in [-0.39, 0.29) is 6.10 Å². The number of ether oxygens (including phenoxy) is 2. The number of nitrogens with zero attached hydrogens (tertiary/aromatic N) is 1. The minimum Gasteiger partial charge on any atom is -0.377 e. The van der Waals surface area contributed by atoms with Crippen LogP contribution < -0.4 is 0 Å². The van der Waals surface area contributed by atoms with Gasteiger partial charge in [-0.15, -0.1) is 0 Å². The topological polar surface area (TPSA) is 21.7 Å². The summed E-state index contributed by atoms with van der Waals surface area (Å²) in [5.41, 5.74) is 2.70. The Labute approximate surface area is 142 Å². The van der Waals surface area contributed by atoms with Crippen LogP contribution in [-0.2, 0) is 15.9 Å². The first kappa shape index (κ1) is 18.4. The smallest absolute Gasteiger partial charge is 0.0818 e. The van der Waals surface area contributed by atoms with Gasteiger partial charge in [0.1, 0.15) is 0 Å². The van der Waals surface area contributed by atoms with Gasteiger partial charge in [0, 0.05) is 26.7 Å². The van der Waals surface area contributed by atoms with Crippen LogP contribution in [0.2, 0.25) is 0 Å². The van der Waals surface area contributed by atoms with Gasteiger partial charge in [0.15, 0.2) is 0 Å². The van der Waals surface area contributed by atoms with Gasteiger partial charge >= 0.3 is 0 Å². The molecule has 0 bridgehead atoms. The monoisotopic (exact) mass is 319 g/mol. The molecular formula is C20H33NO2. The summed E-state index contributed by atoms with van der Waals surface area (Å²) in [4.78, 5) is 2.55. The molecule has 2 rings (SSSR count). The van der Waals surface area contributed by atoms with Gasteiger partial charge in [-0.05, 0) is 43.7 Å². The van der Waals surface area contributed by atoms with Crippen molar-refractivity contribution in [3.8, 4) is 0 Å². The lowest BCUT2D eigenvalue weighted by molar-refractivity contribution is -0.0708. The predicted octanol–water partition coefficient (Wildman–Crippen LogP) is 4.07. The average molecular weight is 319 g/mol. The molecule has 3 nitrogen and oxygen atoms in total. The van der Waals surface area contributed by atoms with Crippen molar-refractivity contribution in [3.05, 3.63) is 35.4 Å². The van der Waals surface area contributed by atoms with Gasteiger partial charge in [-0.25, -0.2) is 0 Å². The van der Waals surface area contributed by atoms with E-state index in [0.717, 1.165) is 32.5 Å². The molecule has 0 aromatic heterocycles. The van der Waals surface area contributed by atoms with Crippen molar-refractivity contribution in [1.29, 1.82) is 0 Å². The van der Waals surface area contributed by atoms with E-state index in [9.17, 15) is 0 Å². The summed E-state index contributed by atoms with van der Waals surface area (Å²) in [5, 5.41) is 0. The zero-order chi connectivity index (χ0) is 16.8. The highest BCUT2D eigenvalue weighted by molar-refractivity contribution is 5.24. The maximum absolute atomic E-state index is 5.82. The van der Waals surface area contributed by atoms with Gasteiger partial charge in [-0.2, -0.15) is 0 Å². The maximum atomic E-state index is 5.82. The summed E-state index contributed by atoms with van der Waals surface area (Å²) in [7, 11) is 1.79. The Kier molecular flexibility index (Phi) is 7.07. The Bertz CT molecular complexity index is 445. The predicted molar refractivity (Wildman–Crippen MR) is 95.8 cm³/mol. The molecule has 0 radical (unpaired) electrons. The second kappa shape index (κ2) is 8.81. The van der Waals surface area contributed by atoms with E-state index in [4.69, 9.17) is 9.47 Å². The van der Waals surface area contributed by atoms with Crippen LogP contribution in [0.3, 0.4) is 0 Å². The van der Waals surface area contributed by atoms with Crippen molar-refractivity contribution in [2.45, 2.75) is 58.8 Å². The average Bonchev–Trinajstić information content (AvgIpc) is 2.49. The Morgan fingerprint density at radius 2 is 1.78 bits per heavy atom. The van der Waals surface area contributed by atoms with E-state index in [1.165, 1.54) is 11.1 Å². The normalized spacial score (nSPS) is 25.3. The van der Waals surface area contributed by atoms with Gasteiger partial charge in [0.2, 0.25) is 0 Å². The van der Waals surface area contributed by atoms with Crippen LogP contribution in [-0.4, -0.2) is 43.9 Å². The van der Waals surface area contributed by atoms with Crippen LogP contribution in [0, 0.1) is 5.92 Å². The first-order valence-corrected chi connectivity index (χ1v) is 9.01. The fraction of sp³-hybridized carbons (Fsp3) is 0.700. The van der Waals surface area contributed by atoms with Crippen LogP contribution in [0.5, 0.6) is 0 Å². The highest BCUT2D eigenvalue weighted by atomic mass is 16.5. The minimum atomic E-state index is 0.220. The number of hydrogen-bond acceptors (Lipinski definition) is 3. The van der Waals surface area contributed by atoms with Crippen molar-refractivity contribution < 1.29 is 9.47 Å². The van der Waals surface area contributed by atoms with Crippen LogP contribution in [0.1, 0.15) is 51.3 Å². The van der Waals surface area contributed by atoms with Gasteiger partial charge in [0.05, 0.1) is 18.3 Å². The number of benzene rings is 1. The molecule has 1 fully saturated rings. The molecule has 1 saturated heterocycles. The summed E-state index contributed by atoms with van der Waals surface area (Å²) in [5.74, 6) is 0.655. The van der Waals surface area contributed by atoms with Crippen molar-refractivity contribution in [1.82, 2.24) is 4.90 Å². The number of methoxy groups -OCH3 is 1. The third-order valence-corrected chi connectivity index (χ3v) is 4.66. The molecule has 1 aromatic rings. The Morgan fingerprint density at radius 1 is 1.17 bits per heavy atom.